The molecule has 0 N–H and O–H groups in total. The topological polar surface area (TPSA) is 92.9 Å². The van der Waals surface area contributed by atoms with E-state index in [1.165, 1.54) is 0 Å². The lowest BCUT2D eigenvalue weighted by atomic mass is 9.78. The Hall–Kier alpha value is -3.55. The molecule has 0 bridgehead atoms. The summed E-state index contributed by atoms with van der Waals surface area (Å²) < 4.78 is 27.7. The molecule has 0 amide bonds. The smallest absolute Gasteiger partial charge is 0.317 e. The van der Waals surface area contributed by atoms with Gasteiger partial charge in [0.2, 0.25) is 5.82 Å². The molecule has 1 aliphatic heterocycles. The number of aromatic nitrogens is 2. The first kappa shape index (κ1) is 20.4. The van der Waals surface area contributed by atoms with Crippen LogP contribution in [0.15, 0.2) is 47.0 Å². The average molecular weight is 436 g/mol. The fourth-order valence-electron chi connectivity index (χ4n) is 4.45. The molecule has 0 spiro atoms. The third kappa shape index (κ3) is 3.66. The van der Waals surface area contributed by atoms with Crippen molar-refractivity contribution in [3.8, 4) is 28.6 Å². The van der Waals surface area contributed by atoms with Crippen molar-refractivity contribution >= 4 is 5.97 Å². The highest BCUT2D eigenvalue weighted by atomic mass is 16.6. The molecule has 166 valence electrons. The van der Waals surface area contributed by atoms with E-state index in [-0.39, 0.29) is 18.5 Å². The number of hydrogen-bond acceptors (Lipinski definition) is 8. The summed E-state index contributed by atoms with van der Waals surface area (Å²) in [6.07, 6.45) is 3.37. The van der Waals surface area contributed by atoms with Gasteiger partial charge < -0.3 is 23.5 Å². The van der Waals surface area contributed by atoms with Gasteiger partial charge in [-0.2, -0.15) is 4.98 Å². The van der Waals surface area contributed by atoms with Crippen LogP contribution in [0.25, 0.3) is 11.4 Å². The van der Waals surface area contributed by atoms with Crippen LogP contribution in [0.3, 0.4) is 0 Å². The second-order valence-electron chi connectivity index (χ2n) is 7.94. The normalized spacial score (nSPS) is 16.5. The number of carbonyl (C=O) groups excluding carboxylic acids is 1. The van der Waals surface area contributed by atoms with E-state index in [1.54, 1.807) is 7.11 Å². The van der Waals surface area contributed by atoms with Gasteiger partial charge in [0.05, 0.1) is 18.1 Å². The van der Waals surface area contributed by atoms with Crippen molar-refractivity contribution < 1.29 is 28.3 Å². The Morgan fingerprint density at radius 1 is 1.06 bits per heavy atom. The van der Waals surface area contributed by atoms with Gasteiger partial charge in [0.1, 0.15) is 19.0 Å². The molecule has 8 nitrogen and oxygen atoms in total. The van der Waals surface area contributed by atoms with Crippen LogP contribution >= 0.6 is 0 Å². The number of para-hydroxylation sites is 1. The predicted octanol–water partition coefficient (Wildman–Crippen LogP) is 4.07. The molecule has 1 saturated carbocycles. The van der Waals surface area contributed by atoms with E-state index in [2.05, 4.69) is 10.1 Å². The number of methoxy groups -OCH3 is 1. The first-order valence-electron chi connectivity index (χ1n) is 10.7. The molecule has 2 aromatic carbocycles. The van der Waals surface area contributed by atoms with Crippen LogP contribution in [-0.4, -0.2) is 36.4 Å². The first-order valence-corrected chi connectivity index (χ1v) is 10.7. The molecular weight excluding hydrogens is 412 g/mol. The van der Waals surface area contributed by atoms with Crippen molar-refractivity contribution in [2.75, 3.05) is 20.3 Å². The number of nitrogens with zero attached hydrogens (tertiary/aromatic N) is 2. The maximum Gasteiger partial charge on any atom is 0.317 e. The highest BCUT2D eigenvalue weighted by molar-refractivity contribution is 5.84. The zero-order valence-corrected chi connectivity index (χ0v) is 17.8. The molecule has 0 saturated heterocycles. The fraction of sp³-hybridized carbons (Fsp3) is 0.375. The number of carbonyl (C=O) groups is 1. The summed E-state index contributed by atoms with van der Waals surface area (Å²) in [5, 5.41) is 4.01. The van der Waals surface area contributed by atoms with Gasteiger partial charge in [0, 0.05) is 0 Å². The standard InChI is InChI=1S/C24H24N2O6/c1-28-18-7-3-2-6-17(18)22-25-21(32-26-22)15-31-23(27)24(10-4-5-11-24)16-8-9-19-20(14-16)30-13-12-29-19/h2-3,6-9,14H,4-5,10-13,15H2,1H3. The van der Waals surface area contributed by atoms with Gasteiger partial charge in [0.25, 0.3) is 5.89 Å². The van der Waals surface area contributed by atoms with Gasteiger partial charge in [-0.15, -0.1) is 0 Å². The monoisotopic (exact) mass is 436 g/mol. The molecular formula is C24H24N2O6. The number of rotatable bonds is 6. The lowest BCUT2D eigenvalue weighted by Crippen LogP contribution is -2.35. The summed E-state index contributed by atoms with van der Waals surface area (Å²) in [5.74, 6) is 2.34. The van der Waals surface area contributed by atoms with E-state index in [1.807, 2.05) is 42.5 Å². The predicted molar refractivity (Wildman–Crippen MR) is 114 cm³/mol. The van der Waals surface area contributed by atoms with Crippen molar-refractivity contribution in [1.82, 2.24) is 10.1 Å². The van der Waals surface area contributed by atoms with Crippen molar-refractivity contribution in [2.45, 2.75) is 37.7 Å². The third-order valence-electron chi connectivity index (χ3n) is 6.09. The molecule has 3 aromatic rings. The maximum absolute atomic E-state index is 13.3. The van der Waals surface area contributed by atoms with Crippen LogP contribution in [0, 0.1) is 0 Å². The SMILES string of the molecule is COc1ccccc1-c1noc(COC(=O)C2(c3ccc4c(c3)OCCO4)CCCC2)n1. The van der Waals surface area contributed by atoms with Gasteiger partial charge in [-0.1, -0.05) is 36.2 Å². The van der Waals surface area contributed by atoms with Gasteiger partial charge >= 0.3 is 5.97 Å². The number of ether oxygens (including phenoxy) is 4. The van der Waals surface area contributed by atoms with E-state index in [0.29, 0.717) is 41.9 Å². The zero-order valence-electron chi connectivity index (χ0n) is 17.8. The lowest BCUT2D eigenvalue weighted by Gasteiger charge is -2.28. The Labute approximate surface area is 185 Å². The van der Waals surface area contributed by atoms with E-state index in [9.17, 15) is 4.79 Å². The van der Waals surface area contributed by atoms with Crippen LogP contribution in [0.1, 0.15) is 37.1 Å². The Balaban J connectivity index is 1.33. The molecule has 1 fully saturated rings. The molecule has 5 rings (SSSR count). The van der Waals surface area contributed by atoms with Crippen molar-refractivity contribution in [3.63, 3.8) is 0 Å². The maximum atomic E-state index is 13.3. The lowest BCUT2D eigenvalue weighted by molar-refractivity contribution is -0.152. The van der Waals surface area contributed by atoms with Crippen molar-refractivity contribution in [3.05, 3.63) is 53.9 Å². The minimum absolute atomic E-state index is 0.0900. The quantitative estimate of drug-likeness (QED) is 0.534. The Kier molecular flexibility index (Phi) is 5.43. The number of esters is 1. The van der Waals surface area contributed by atoms with E-state index >= 15 is 0 Å². The molecule has 2 aliphatic rings. The van der Waals surface area contributed by atoms with E-state index in [4.69, 9.17) is 23.5 Å². The number of fused-ring (bicyclic) bond motifs is 1. The minimum atomic E-state index is -0.707. The Bertz CT molecular complexity index is 1120. The summed E-state index contributed by atoms with van der Waals surface area (Å²) in [6, 6.07) is 13.1. The van der Waals surface area contributed by atoms with Crippen molar-refractivity contribution in [2.24, 2.45) is 0 Å². The van der Waals surface area contributed by atoms with E-state index in [0.717, 1.165) is 31.2 Å². The summed E-state index contributed by atoms with van der Waals surface area (Å²) >= 11 is 0. The van der Waals surface area contributed by atoms with Crippen LogP contribution in [0.4, 0.5) is 0 Å². The highest BCUT2D eigenvalue weighted by Crippen LogP contribution is 2.45. The average Bonchev–Trinajstić information content (AvgIpc) is 3.53. The van der Waals surface area contributed by atoms with E-state index < -0.39 is 5.41 Å². The second-order valence-corrected chi connectivity index (χ2v) is 7.94. The number of benzene rings is 2. The number of hydrogen-bond donors (Lipinski definition) is 0. The second kappa shape index (κ2) is 8.53. The molecule has 1 aromatic heterocycles. The molecule has 1 aliphatic carbocycles. The first-order chi connectivity index (χ1) is 15.7. The third-order valence-corrected chi connectivity index (χ3v) is 6.09. The van der Waals surface area contributed by atoms with Gasteiger partial charge in [-0.25, -0.2) is 0 Å². The molecule has 0 atom stereocenters. The van der Waals surface area contributed by atoms with Crippen molar-refractivity contribution in [1.29, 1.82) is 0 Å². The minimum Gasteiger partial charge on any atom is -0.496 e. The Morgan fingerprint density at radius 2 is 1.84 bits per heavy atom. The van der Waals surface area contributed by atoms with Gasteiger partial charge in [-0.05, 0) is 42.7 Å². The van der Waals surface area contributed by atoms with Crippen LogP contribution < -0.4 is 14.2 Å². The molecule has 2 heterocycles. The van der Waals surface area contributed by atoms with Crippen LogP contribution in [-0.2, 0) is 21.6 Å². The molecule has 0 radical (unpaired) electrons. The summed E-state index contributed by atoms with van der Waals surface area (Å²) in [5.41, 5.74) is 0.894. The zero-order chi connectivity index (χ0) is 22.0. The summed E-state index contributed by atoms with van der Waals surface area (Å²) in [4.78, 5) is 17.7. The van der Waals surface area contributed by atoms with Crippen LogP contribution in [0.5, 0.6) is 17.2 Å². The molecule has 0 unspecified atom stereocenters. The highest BCUT2D eigenvalue weighted by Gasteiger charge is 2.45. The van der Waals surface area contributed by atoms with Gasteiger partial charge in [0.15, 0.2) is 18.1 Å². The molecule has 8 heteroatoms. The molecule has 32 heavy (non-hydrogen) atoms. The summed E-state index contributed by atoms with van der Waals surface area (Å²) in [7, 11) is 1.58. The fourth-order valence-corrected chi connectivity index (χ4v) is 4.45. The largest absolute Gasteiger partial charge is 0.496 e. The Morgan fingerprint density at radius 3 is 2.66 bits per heavy atom. The van der Waals surface area contributed by atoms with Gasteiger partial charge in [-0.3, -0.25) is 4.79 Å². The summed E-state index contributed by atoms with van der Waals surface area (Å²) in [6.45, 7) is 0.938. The van der Waals surface area contributed by atoms with Crippen LogP contribution in [0.2, 0.25) is 0 Å².